The lowest BCUT2D eigenvalue weighted by Crippen LogP contribution is -2.35. The standard InChI is InChI=1S/C15H16BrFN2/c1-15(10-18,9-11-5-7-19-8-6-11)12-3-2-4-13(16)14(12)17/h2-8H,9-10,18H2,1H3. The number of nitrogens with two attached hydrogens (primary N) is 1. The van der Waals surface area contributed by atoms with Gasteiger partial charge in [0.2, 0.25) is 0 Å². The van der Waals surface area contributed by atoms with Gasteiger partial charge in [0.05, 0.1) is 4.47 Å². The number of hydrogen-bond acceptors (Lipinski definition) is 2. The minimum absolute atomic E-state index is 0.232. The summed E-state index contributed by atoms with van der Waals surface area (Å²) in [5.41, 5.74) is 7.21. The molecule has 0 amide bonds. The minimum Gasteiger partial charge on any atom is -0.330 e. The van der Waals surface area contributed by atoms with Crippen LogP contribution in [0.2, 0.25) is 0 Å². The fourth-order valence-corrected chi connectivity index (χ4v) is 2.56. The number of hydrogen-bond donors (Lipinski definition) is 1. The van der Waals surface area contributed by atoms with Crippen LogP contribution in [0.5, 0.6) is 0 Å². The molecule has 0 spiro atoms. The van der Waals surface area contributed by atoms with Crippen molar-refractivity contribution in [3.05, 3.63) is 64.1 Å². The van der Waals surface area contributed by atoms with E-state index >= 15 is 0 Å². The molecule has 1 aromatic carbocycles. The van der Waals surface area contributed by atoms with Crippen molar-refractivity contribution >= 4 is 15.9 Å². The molecule has 0 aliphatic carbocycles. The van der Waals surface area contributed by atoms with E-state index < -0.39 is 5.41 Å². The summed E-state index contributed by atoms with van der Waals surface area (Å²) >= 11 is 3.23. The third kappa shape index (κ3) is 3.01. The Labute approximate surface area is 121 Å². The molecule has 0 saturated carbocycles. The highest BCUT2D eigenvalue weighted by molar-refractivity contribution is 9.10. The highest BCUT2D eigenvalue weighted by atomic mass is 79.9. The fraction of sp³-hybridized carbons (Fsp3) is 0.267. The van der Waals surface area contributed by atoms with Gasteiger partial charge in [-0.15, -0.1) is 0 Å². The molecule has 1 unspecified atom stereocenters. The second-order valence-electron chi connectivity index (χ2n) is 4.90. The zero-order valence-electron chi connectivity index (χ0n) is 10.7. The first-order valence-electron chi connectivity index (χ1n) is 6.10. The lowest BCUT2D eigenvalue weighted by molar-refractivity contribution is 0.448. The normalized spacial score (nSPS) is 14.1. The maximum atomic E-state index is 14.3. The molecule has 2 N–H and O–H groups in total. The number of aromatic nitrogens is 1. The summed E-state index contributed by atoms with van der Waals surface area (Å²) in [4.78, 5) is 3.99. The zero-order chi connectivity index (χ0) is 13.9. The average Bonchev–Trinajstić information content (AvgIpc) is 2.43. The van der Waals surface area contributed by atoms with E-state index in [9.17, 15) is 4.39 Å². The van der Waals surface area contributed by atoms with Crippen LogP contribution in [0.3, 0.4) is 0 Å². The van der Waals surface area contributed by atoms with E-state index in [-0.39, 0.29) is 5.82 Å². The first-order valence-corrected chi connectivity index (χ1v) is 6.89. The Hall–Kier alpha value is -1.26. The van der Waals surface area contributed by atoms with Crippen molar-refractivity contribution in [3.63, 3.8) is 0 Å². The van der Waals surface area contributed by atoms with E-state index in [1.54, 1.807) is 24.5 Å². The molecule has 0 radical (unpaired) electrons. The molecule has 1 atom stereocenters. The summed E-state index contributed by atoms with van der Waals surface area (Å²) in [6, 6.07) is 9.20. The Bertz CT molecular complexity index is 559. The van der Waals surface area contributed by atoms with Crippen molar-refractivity contribution in [1.82, 2.24) is 4.98 Å². The summed E-state index contributed by atoms with van der Waals surface area (Å²) in [7, 11) is 0. The molecular formula is C15H16BrFN2. The molecule has 0 aliphatic heterocycles. The van der Waals surface area contributed by atoms with Crippen LogP contribution in [0.4, 0.5) is 4.39 Å². The van der Waals surface area contributed by atoms with Crippen molar-refractivity contribution in [2.75, 3.05) is 6.54 Å². The predicted octanol–water partition coefficient (Wildman–Crippen LogP) is 3.44. The molecule has 0 saturated heterocycles. The molecule has 2 rings (SSSR count). The van der Waals surface area contributed by atoms with Crippen molar-refractivity contribution in [2.24, 2.45) is 5.73 Å². The Morgan fingerprint density at radius 1 is 1.26 bits per heavy atom. The Balaban J connectivity index is 2.40. The van der Waals surface area contributed by atoms with E-state index in [2.05, 4.69) is 20.9 Å². The van der Waals surface area contributed by atoms with Gasteiger partial charge in [-0.1, -0.05) is 19.1 Å². The molecule has 0 bridgehead atoms. The van der Waals surface area contributed by atoms with Crippen LogP contribution >= 0.6 is 15.9 Å². The van der Waals surface area contributed by atoms with Crippen LogP contribution in [0.25, 0.3) is 0 Å². The van der Waals surface area contributed by atoms with Crippen LogP contribution in [-0.4, -0.2) is 11.5 Å². The van der Waals surface area contributed by atoms with Gasteiger partial charge in [0, 0.05) is 24.4 Å². The minimum atomic E-state index is -0.435. The molecule has 1 aromatic heterocycles. The van der Waals surface area contributed by atoms with E-state index in [0.717, 1.165) is 5.56 Å². The fourth-order valence-electron chi connectivity index (χ4n) is 2.20. The van der Waals surface area contributed by atoms with Gasteiger partial charge in [0.1, 0.15) is 5.82 Å². The average molecular weight is 323 g/mol. The van der Waals surface area contributed by atoms with Gasteiger partial charge in [-0.25, -0.2) is 4.39 Å². The molecule has 19 heavy (non-hydrogen) atoms. The lowest BCUT2D eigenvalue weighted by Gasteiger charge is -2.29. The molecule has 2 aromatic rings. The van der Waals surface area contributed by atoms with Crippen molar-refractivity contribution < 1.29 is 4.39 Å². The third-order valence-corrected chi connectivity index (χ3v) is 4.01. The van der Waals surface area contributed by atoms with E-state index in [4.69, 9.17) is 5.73 Å². The summed E-state index contributed by atoms with van der Waals surface area (Å²) in [5.74, 6) is -0.232. The first kappa shape index (κ1) is 14.2. The SMILES string of the molecule is CC(CN)(Cc1ccncc1)c1cccc(Br)c1F. The number of rotatable bonds is 4. The summed E-state index contributed by atoms with van der Waals surface area (Å²) in [6.07, 6.45) is 4.16. The van der Waals surface area contributed by atoms with Crippen molar-refractivity contribution in [1.29, 1.82) is 0 Å². The highest BCUT2D eigenvalue weighted by Gasteiger charge is 2.29. The van der Waals surface area contributed by atoms with Gasteiger partial charge in [-0.3, -0.25) is 4.98 Å². The van der Waals surface area contributed by atoms with Gasteiger partial charge in [-0.2, -0.15) is 0 Å². The second-order valence-corrected chi connectivity index (χ2v) is 5.75. The molecule has 0 aliphatic rings. The van der Waals surface area contributed by atoms with Crippen LogP contribution in [0, 0.1) is 5.82 Å². The Morgan fingerprint density at radius 3 is 2.58 bits per heavy atom. The molecule has 4 heteroatoms. The first-order chi connectivity index (χ1) is 9.07. The number of nitrogens with zero attached hydrogens (tertiary/aromatic N) is 1. The van der Waals surface area contributed by atoms with E-state index in [0.29, 0.717) is 23.0 Å². The van der Waals surface area contributed by atoms with Crippen LogP contribution in [0.15, 0.2) is 47.2 Å². The second kappa shape index (κ2) is 5.80. The number of halogens is 2. The highest BCUT2D eigenvalue weighted by Crippen LogP contribution is 2.32. The molecule has 100 valence electrons. The summed E-state index contributed by atoms with van der Waals surface area (Å²) in [5, 5.41) is 0. The van der Waals surface area contributed by atoms with Gasteiger partial charge >= 0.3 is 0 Å². The summed E-state index contributed by atoms with van der Waals surface area (Å²) < 4.78 is 14.7. The maximum absolute atomic E-state index is 14.3. The van der Waals surface area contributed by atoms with Crippen LogP contribution < -0.4 is 5.73 Å². The van der Waals surface area contributed by atoms with Gasteiger partial charge in [-0.05, 0) is 51.7 Å². The molecule has 0 fully saturated rings. The largest absolute Gasteiger partial charge is 0.330 e. The molecule has 1 heterocycles. The van der Waals surface area contributed by atoms with Crippen molar-refractivity contribution in [2.45, 2.75) is 18.8 Å². The molecular weight excluding hydrogens is 307 g/mol. The molecule has 2 nitrogen and oxygen atoms in total. The van der Waals surface area contributed by atoms with E-state index in [1.807, 2.05) is 25.1 Å². The Morgan fingerprint density at radius 2 is 1.95 bits per heavy atom. The zero-order valence-corrected chi connectivity index (χ0v) is 12.3. The summed E-state index contributed by atoms with van der Waals surface area (Å²) in [6.45, 7) is 2.36. The monoisotopic (exact) mass is 322 g/mol. The van der Waals surface area contributed by atoms with Crippen LogP contribution in [-0.2, 0) is 11.8 Å². The quantitative estimate of drug-likeness (QED) is 0.936. The predicted molar refractivity (Wildman–Crippen MR) is 78.4 cm³/mol. The topological polar surface area (TPSA) is 38.9 Å². The smallest absolute Gasteiger partial charge is 0.141 e. The van der Waals surface area contributed by atoms with E-state index in [1.165, 1.54) is 0 Å². The van der Waals surface area contributed by atoms with Gasteiger partial charge in [0.25, 0.3) is 0 Å². The third-order valence-electron chi connectivity index (χ3n) is 3.40. The lowest BCUT2D eigenvalue weighted by atomic mass is 9.77. The maximum Gasteiger partial charge on any atom is 0.141 e. The van der Waals surface area contributed by atoms with Gasteiger partial charge in [0.15, 0.2) is 0 Å². The number of pyridine rings is 1. The number of benzene rings is 1. The Kier molecular flexibility index (Phi) is 4.32. The van der Waals surface area contributed by atoms with Crippen LogP contribution in [0.1, 0.15) is 18.1 Å². The van der Waals surface area contributed by atoms with Crippen molar-refractivity contribution in [3.8, 4) is 0 Å². The van der Waals surface area contributed by atoms with Gasteiger partial charge < -0.3 is 5.73 Å².